The highest BCUT2D eigenvalue weighted by Gasteiger charge is 2.48. The number of nitrogens with zero attached hydrogens (tertiary/aromatic N) is 2. The highest BCUT2D eigenvalue weighted by Crippen LogP contribution is 2.50. The SMILES string of the molecule is COc1ccc(OC)c([C@H]2C3C(=O)CC(C)(C)CC3=Nc3ccccc3N2C(C)=O)c1. The van der Waals surface area contributed by atoms with Crippen molar-refractivity contribution in [2.45, 2.75) is 39.7 Å². The van der Waals surface area contributed by atoms with Gasteiger partial charge in [-0.1, -0.05) is 26.0 Å². The van der Waals surface area contributed by atoms with Crippen LogP contribution in [0.25, 0.3) is 0 Å². The molecule has 0 saturated heterocycles. The molecule has 1 amide bonds. The molecule has 2 aromatic rings. The fourth-order valence-electron chi connectivity index (χ4n) is 4.87. The number of methoxy groups -OCH3 is 2. The number of carbonyl (C=O) groups is 2. The van der Waals surface area contributed by atoms with Crippen molar-refractivity contribution in [1.82, 2.24) is 0 Å². The third-order valence-corrected chi connectivity index (χ3v) is 6.11. The lowest BCUT2D eigenvalue weighted by molar-refractivity contribution is -0.124. The van der Waals surface area contributed by atoms with Gasteiger partial charge in [0.2, 0.25) is 5.91 Å². The van der Waals surface area contributed by atoms with E-state index in [1.165, 1.54) is 6.92 Å². The van der Waals surface area contributed by atoms with Gasteiger partial charge < -0.3 is 14.4 Å². The van der Waals surface area contributed by atoms with E-state index in [-0.39, 0.29) is 17.1 Å². The van der Waals surface area contributed by atoms with Gasteiger partial charge in [-0.25, -0.2) is 0 Å². The van der Waals surface area contributed by atoms with Crippen molar-refractivity contribution in [3.8, 4) is 11.5 Å². The Kier molecular flexibility index (Phi) is 5.33. The largest absolute Gasteiger partial charge is 0.497 e. The number of fused-ring (bicyclic) bond motifs is 2. The van der Waals surface area contributed by atoms with E-state index in [4.69, 9.17) is 14.5 Å². The van der Waals surface area contributed by atoms with E-state index in [1.54, 1.807) is 19.1 Å². The minimum atomic E-state index is -0.575. The average Bonchev–Trinajstić information content (AvgIpc) is 2.86. The first kappa shape index (κ1) is 21.1. The van der Waals surface area contributed by atoms with E-state index in [1.807, 2.05) is 42.5 Å². The van der Waals surface area contributed by atoms with Crippen LogP contribution in [0.2, 0.25) is 0 Å². The Hall–Kier alpha value is -3.15. The molecule has 1 heterocycles. The summed E-state index contributed by atoms with van der Waals surface area (Å²) in [5, 5.41) is 0. The summed E-state index contributed by atoms with van der Waals surface area (Å²) >= 11 is 0. The standard InChI is InChI=1S/C25H28N2O4/c1-15(28)27-20-9-7-6-8-18(20)26-19-13-25(2,3)14-21(29)23(19)24(27)17-12-16(30-4)10-11-22(17)31-5/h6-12,23-24H,13-14H2,1-5H3/t23?,24-/m0/s1. The molecule has 6 heteroatoms. The third kappa shape index (κ3) is 3.71. The molecule has 0 aromatic heterocycles. The van der Waals surface area contributed by atoms with E-state index in [9.17, 15) is 9.59 Å². The fourth-order valence-corrected chi connectivity index (χ4v) is 4.87. The summed E-state index contributed by atoms with van der Waals surface area (Å²) in [4.78, 5) is 33.3. The number of benzene rings is 2. The molecule has 0 N–H and O–H groups in total. The second kappa shape index (κ2) is 7.84. The zero-order chi connectivity index (χ0) is 22.3. The topological polar surface area (TPSA) is 68.2 Å². The first-order valence-corrected chi connectivity index (χ1v) is 10.5. The minimum Gasteiger partial charge on any atom is -0.497 e. The number of hydrogen-bond donors (Lipinski definition) is 0. The van der Waals surface area contributed by atoms with Crippen LogP contribution in [0.15, 0.2) is 47.5 Å². The van der Waals surface area contributed by atoms with Crippen molar-refractivity contribution >= 4 is 28.8 Å². The number of amides is 1. The maximum absolute atomic E-state index is 13.6. The first-order chi connectivity index (χ1) is 14.8. The van der Waals surface area contributed by atoms with Crippen molar-refractivity contribution in [2.75, 3.05) is 19.1 Å². The summed E-state index contributed by atoms with van der Waals surface area (Å²) in [7, 11) is 3.19. The van der Waals surface area contributed by atoms with Gasteiger partial charge in [0, 0.05) is 24.6 Å². The molecule has 2 atom stereocenters. The highest BCUT2D eigenvalue weighted by atomic mass is 16.5. The van der Waals surface area contributed by atoms with E-state index in [2.05, 4.69) is 13.8 Å². The Morgan fingerprint density at radius 2 is 1.84 bits per heavy atom. The summed E-state index contributed by atoms with van der Waals surface area (Å²) in [5.74, 6) is 0.623. The van der Waals surface area contributed by atoms with Crippen LogP contribution < -0.4 is 14.4 Å². The number of aliphatic imine (C=N–C) groups is 1. The van der Waals surface area contributed by atoms with E-state index in [0.29, 0.717) is 35.7 Å². The number of anilines is 1. The summed E-state index contributed by atoms with van der Waals surface area (Å²) < 4.78 is 11.1. The molecule has 0 spiro atoms. The van der Waals surface area contributed by atoms with Gasteiger partial charge in [0.1, 0.15) is 17.3 Å². The molecule has 0 radical (unpaired) electrons. The van der Waals surface area contributed by atoms with Crippen molar-refractivity contribution in [2.24, 2.45) is 16.3 Å². The number of Topliss-reactive ketones (excluding diaryl/α,β-unsaturated/α-hetero) is 1. The molecular weight excluding hydrogens is 392 g/mol. The molecule has 162 valence electrons. The van der Waals surface area contributed by atoms with Crippen LogP contribution in [0.4, 0.5) is 11.4 Å². The lowest BCUT2D eigenvalue weighted by Crippen LogP contribution is -2.47. The summed E-state index contributed by atoms with van der Waals surface area (Å²) in [6.07, 6.45) is 1.12. The third-order valence-electron chi connectivity index (χ3n) is 6.11. The number of ketones is 1. The van der Waals surface area contributed by atoms with Gasteiger partial charge >= 0.3 is 0 Å². The monoisotopic (exact) mass is 420 g/mol. The van der Waals surface area contributed by atoms with Crippen molar-refractivity contribution in [3.63, 3.8) is 0 Å². The van der Waals surface area contributed by atoms with Crippen molar-refractivity contribution in [1.29, 1.82) is 0 Å². The Balaban J connectivity index is 2.03. The van der Waals surface area contributed by atoms with Gasteiger partial charge in [0.25, 0.3) is 0 Å². The zero-order valence-corrected chi connectivity index (χ0v) is 18.6. The second-order valence-corrected chi connectivity index (χ2v) is 9.00. The Morgan fingerprint density at radius 1 is 1.10 bits per heavy atom. The molecule has 2 aromatic carbocycles. The van der Waals surface area contributed by atoms with Crippen molar-refractivity contribution in [3.05, 3.63) is 48.0 Å². The zero-order valence-electron chi connectivity index (χ0n) is 18.6. The van der Waals surface area contributed by atoms with Crippen LogP contribution in [-0.2, 0) is 9.59 Å². The normalized spacial score (nSPS) is 22.0. The molecule has 2 aliphatic rings. The molecule has 1 fully saturated rings. The van der Waals surface area contributed by atoms with Gasteiger partial charge in [0.15, 0.2) is 0 Å². The van der Waals surface area contributed by atoms with Crippen LogP contribution in [0.3, 0.4) is 0 Å². The highest BCUT2D eigenvalue weighted by molar-refractivity contribution is 6.12. The van der Waals surface area contributed by atoms with E-state index < -0.39 is 12.0 Å². The molecular formula is C25H28N2O4. The van der Waals surface area contributed by atoms with Crippen LogP contribution in [-0.4, -0.2) is 31.6 Å². The molecule has 4 rings (SSSR count). The minimum absolute atomic E-state index is 0.0870. The number of hydrogen-bond acceptors (Lipinski definition) is 5. The van der Waals surface area contributed by atoms with E-state index in [0.717, 1.165) is 11.3 Å². The maximum Gasteiger partial charge on any atom is 0.224 e. The predicted octanol–water partition coefficient (Wildman–Crippen LogP) is 4.89. The Labute approximate surface area is 182 Å². The smallest absolute Gasteiger partial charge is 0.224 e. The number of para-hydroxylation sites is 2. The predicted molar refractivity (Wildman–Crippen MR) is 120 cm³/mol. The van der Waals surface area contributed by atoms with Crippen LogP contribution in [0.1, 0.15) is 45.2 Å². The van der Waals surface area contributed by atoms with Crippen LogP contribution >= 0.6 is 0 Å². The van der Waals surface area contributed by atoms with Crippen LogP contribution in [0.5, 0.6) is 11.5 Å². The van der Waals surface area contributed by atoms with E-state index >= 15 is 0 Å². The second-order valence-electron chi connectivity index (χ2n) is 9.00. The number of carbonyl (C=O) groups excluding carboxylic acids is 2. The Bertz CT molecular complexity index is 1070. The molecule has 1 aliphatic carbocycles. The lowest BCUT2D eigenvalue weighted by Gasteiger charge is -2.41. The summed E-state index contributed by atoms with van der Waals surface area (Å²) in [5.41, 5.74) is 2.76. The van der Waals surface area contributed by atoms with Gasteiger partial charge in [0.05, 0.1) is 37.6 Å². The summed E-state index contributed by atoms with van der Waals surface area (Å²) in [6, 6.07) is 12.5. The Morgan fingerprint density at radius 3 is 2.52 bits per heavy atom. The molecule has 6 nitrogen and oxygen atoms in total. The molecule has 1 saturated carbocycles. The lowest BCUT2D eigenvalue weighted by atomic mass is 9.68. The summed E-state index contributed by atoms with van der Waals surface area (Å²) in [6.45, 7) is 5.70. The van der Waals surface area contributed by atoms with Crippen molar-refractivity contribution < 1.29 is 19.1 Å². The fraction of sp³-hybridized carbons (Fsp3) is 0.400. The maximum atomic E-state index is 13.6. The number of rotatable bonds is 3. The van der Waals surface area contributed by atoms with Gasteiger partial charge in [-0.15, -0.1) is 0 Å². The van der Waals surface area contributed by atoms with Gasteiger partial charge in [-0.2, -0.15) is 0 Å². The van der Waals surface area contributed by atoms with Gasteiger partial charge in [-0.3, -0.25) is 14.6 Å². The van der Waals surface area contributed by atoms with Gasteiger partial charge in [-0.05, 0) is 42.2 Å². The molecule has 1 aliphatic heterocycles. The van der Waals surface area contributed by atoms with Crippen LogP contribution in [0, 0.1) is 11.3 Å². The molecule has 1 unspecified atom stereocenters. The molecule has 31 heavy (non-hydrogen) atoms. The quantitative estimate of drug-likeness (QED) is 0.709. The first-order valence-electron chi connectivity index (χ1n) is 10.5. The average molecular weight is 421 g/mol. The molecule has 0 bridgehead atoms. The number of ether oxygens (including phenoxy) is 2.